The van der Waals surface area contributed by atoms with Gasteiger partial charge in [-0.25, -0.2) is 9.78 Å². The first kappa shape index (κ1) is 13.7. The highest BCUT2D eigenvalue weighted by atomic mass is 35.5. The molecule has 0 amide bonds. The van der Waals surface area contributed by atoms with E-state index in [2.05, 4.69) is 4.98 Å². The zero-order valence-corrected chi connectivity index (χ0v) is 10.9. The van der Waals surface area contributed by atoms with Gasteiger partial charge >= 0.3 is 12.1 Å². The van der Waals surface area contributed by atoms with Gasteiger partial charge in [-0.1, -0.05) is 29.8 Å². The van der Waals surface area contributed by atoms with Crippen LogP contribution in [0, 0.1) is 0 Å². The van der Waals surface area contributed by atoms with Crippen LogP contribution in [0.1, 0.15) is 21.6 Å². The van der Waals surface area contributed by atoms with Crippen LogP contribution in [0.15, 0.2) is 30.5 Å². The van der Waals surface area contributed by atoms with Crippen molar-refractivity contribution in [2.24, 2.45) is 0 Å². The number of hydrogen-bond acceptors (Lipinski definition) is 2. The van der Waals surface area contributed by atoms with Gasteiger partial charge in [0.2, 0.25) is 0 Å². The lowest BCUT2D eigenvalue weighted by Crippen LogP contribution is -2.09. The van der Waals surface area contributed by atoms with E-state index in [1.807, 2.05) is 0 Å². The number of aromatic nitrogens is 2. The first-order chi connectivity index (χ1) is 9.79. The minimum Gasteiger partial charge on any atom is -0.476 e. The summed E-state index contributed by atoms with van der Waals surface area (Å²) in [6, 6.07) is 0.930. The third-order valence-corrected chi connectivity index (χ3v) is 3.42. The average Bonchev–Trinajstić information content (AvgIpc) is 2.63. The number of rotatable bonds is 2. The third kappa shape index (κ3) is 2.09. The van der Waals surface area contributed by atoms with Crippen molar-refractivity contribution in [3.63, 3.8) is 0 Å². The van der Waals surface area contributed by atoms with E-state index < -0.39 is 29.1 Å². The number of carboxylic acids is 1. The smallest absolute Gasteiger partial charge is 0.420 e. The molecule has 1 aliphatic carbocycles. The SMILES string of the molecule is O=C(O)c1nc2c(C(F)(F)F)cc(C3=CC=C3)cn2c1Cl. The van der Waals surface area contributed by atoms with Crippen LogP contribution in [0.3, 0.4) is 0 Å². The van der Waals surface area contributed by atoms with Crippen molar-refractivity contribution in [3.8, 4) is 0 Å². The van der Waals surface area contributed by atoms with Crippen molar-refractivity contribution in [1.82, 2.24) is 9.38 Å². The molecular weight excluding hydrogens is 309 g/mol. The summed E-state index contributed by atoms with van der Waals surface area (Å²) < 4.78 is 40.4. The molecule has 2 heterocycles. The van der Waals surface area contributed by atoms with E-state index in [1.165, 1.54) is 6.20 Å². The summed E-state index contributed by atoms with van der Waals surface area (Å²) >= 11 is 5.83. The van der Waals surface area contributed by atoms with Crippen molar-refractivity contribution >= 4 is 28.8 Å². The highest BCUT2D eigenvalue weighted by molar-refractivity contribution is 6.32. The highest BCUT2D eigenvalue weighted by Crippen LogP contribution is 2.36. The second kappa shape index (κ2) is 4.36. The van der Waals surface area contributed by atoms with Crippen LogP contribution in [-0.4, -0.2) is 20.5 Å². The fraction of sp³-hybridized carbons (Fsp3) is 0.0769. The quantitative estimate of drug-likeness (QED) is 0.920. The Kier molecular flexibility index (Phi) is 2.84. The molecular formula is C13H6ClF3N2O2. The van der Waals surface area contributed by atoms with Gasteiger partial charge in [0, 0.05) is 6.20 Å². The molecule has 0 saturated carbocycles. The predicted octanol–water partition coefficient (Wildman–Crippen LogP) is 3.66. The molecule has 4 nitrogen and oxygen atoms in total. The Morgan fingerprint density at radius 2 is 2.05 bits per heavy atom. The molecule has 2 aromatic rings. The van der Waals surface area contributed by atoms with Gasteiger partial charge in [0.15, 0.2) is 11.3 Å². The van der Waals surface area contributed by atoms with Crippen LogP contribution >= 0.6 is 11.6 Å². The Bertz CT molecular complexity index is 834. The number of halogens is 4. The normalized spacial score (nSPS) is 14.2. The lowest BCUT2D eigenvalue weighted by Gasteiger charge is -2.13. The van der Waals surface area contributed by atoms with Gasteiger partial charge in [-0.15, -0.1) is 0 Å². The molecule has 21 heavy (non-hydrogen) atoms. The molecule has 0 spiro atoms. The number of nitrogens with zero attached hydrogens (tertiary/aromatic N) is 2. The Balaban J connectivity index is 2.36. The number of aromatic carboxylic acids is 1. The zero-order valence-electron chi connectivity index (χ0n) is 10.1. The molecule has 108 valence electrons. The maximum atomic E-state index is 13.1. The number of pyridine rings is 1. The van der Waals surface area contributed by atoms with Gasteiger partial charge in [0.05, 0.1) is 5.56 Å². The van der Waals surface area contributed by atoms with Crippen LogP contribution in [0.5, 0.6) is 0 Å². The highest BCUT2D eigenvalue weighted by Gasteiger charge is 2.36. The number of carbonyl (C=O) groups is 1. The predicted molar refractivity (Wildman–Crippen MR) is 69.3 cm³/mol. The number of hydrogen-bond donors (Lipinski definition) is 1. The molecule has 1 aliphatic rings. The average molecular weight is 315 g/mol. The van der Waals surface area contributed by atoms with Crippen LogP contribution in [0.25, 0.3) is 11.2 Å². The molecule has 0 fully saturated rings. The summed E-state index contributed by atoms with van der Waals surface area (Å²) in [6.07, 6.45) is 1.64. The van der Waals surface area contributed by atoms with Gasteiger partial charge in [0.1, 0.15) is 5.15 Å². The minimum absolute atomic E-state index is 0.286. The molecule has 1 N–H and O–H groups in total. The Labute approximate surface area is 120 Å². The van der Waals surface area contributed by atoms with Gasteiger partial charge < -0.3 is 5.11 Å². The fourth-order valence-electron chi connectivity index (χ4n) is 2.00. The first-order valence-corrected chi connectivity index (χ1v) is 6.07. The molecule has 0 aliphatic heterocycles. The maximum absolute atomic E-state index is 13.1. The fourth-order valence-corrected chi connectivity index (χ4v) is 2.26. The maximum Gasteiger partial charge on any atom is 0.420 e. The molecule has 0 bridgehead atoms. The second-order valence-electron chi connectivity index (χ2n) is 4.37. The van der Waals surface area contributed by atoms with Crippen LogP contribution in [-0.2, 0) is 6.18 Å². The molecule has 0 aromatic carbocycles. The summed E-state index contributed by atoms with van der Waals surface area (Å²) in [6.45, 7) is 0. The Hall–Kier alpha value is -2.28. The van der Waals surface area contributed by atoms with Gasteiger partial charge in [0.25, 0.3) is 0 Å². The number of allylic oxidation sites excluding steroid dienone is 4. The van der Waals surface area contributed by atoms with Crippen molar-refractivity contribution in [1.29, 1.82) is 0 Å². The van der Waals surface area contributed by atoms with E-state index >= 15 is 0 Å². The van der Waals surface area contributed by atoms with E-state index in [0.717, 1.165) is 10.5 Å². The van der Waals surface area contributed by atoms with E-state index in [4.69, 9.17) is 16.7 Å². The number of carboxylic acid groups (broad SMARTS) is 1. The molecule has 0 radical (unpaired) electrons. The van der Waals surface area contributed by atoms with Crippen molar-refractivity contribution in [3.05, 3.63) is 52.5 Å². The molecule has 0 unspecified atom stereocenters. The number of alkyl halides is 3. The summed E-state index contributed by atoms with van der Waals surface area (Å²) in [4.78, 5) is 14.5. The minimum atomic E-state index is -4.67. The number of imidazole rings is 1. The molecule has 0 atom stereocenters. The van der Waals surface area contributed by atoms with Gasteiger partial charge in [-0.05, 0) is 17.2 Å². The molecule has 2 aromatic heterocycles. The van der Waals surface area contributed by atoms with Crippen molar-refractivity contribution in [2.75, 3.05) is 0 Å². The summed E-state index contributed by atoms with van der Waals surface area (Å²) in [5.41, 5.74) is -1.29. The van der Waals surface area contributed by atoms with E-state index in [-0.39, 0.29) is 10.7 Å². The van der Waals surface area contributed by atoms with E-state index in [9.17, 15) is 18.0 Å². The van der Waals surface area contributed by atoms with Crippen LogP contribution in [0.4, 0.5) is 13.2 Å². The topological polar surface area (TPSA) is 54.6 Å². The van der Waals surface area contributed by atoms with Crippen molar-refractivity contribution < 1.29 is 23.1 Å². The molecule has 0 saturated heterocycles. The number of fused-ring (bicyclic) bond motifs is 1. The van der Waals surface area contributed by atoms with Crippen LogP contribution in [0.2, 0.25) is 5.15 Å². The second-order valence-corrected chi connectivity index (χ2v) is 4.73. The molecule has 8 heteroatoms. The third-order valence-electron chi connectivity index (χ3n) is 3.05. The largest absolute Gasteiger partial charge is 0.476 e. The first-order valence-electron chi connectivity index (χ1n) is 5.70. The van der Waals surface area contributed by atoms with Gasteiger partial charge in [-0.2, -0.15) is 13.2 Å². The monoisotopic (exact) mass is 314 g/mol. The standard InChI is InChI=1S/C13H6ClF3N2O2/c14-10-9(12(20)21)18-11-8(13(15,16)17)4-7(5-19(10)11)6-2-1-3-6/h1-5H,(H,20,21). The summed E-state index contributed by atoms with van der Waals surface area (Å²) in [5.74, 6) is -1.49. The molecule has 3 rings (SSSR count). The summed E-state index contributed by atoms with van der Waals surface area (Å²) in [5, 5.41) is 8.57. The summed E-state index contributed by atoms with van der Waals surface area (Å²) in [7, 11) is 0. The van der Waals surface area contributed by atoms with Gasteiger partial charge in [-0.3, -0.25) is 4.40 Å². The van der Waals surface area contributed by atoms with E-state index in [0.29, 0.717) is 5.57 Å². The Morgan fingerprint density at radius 3 is 2.52 bits per heavy atom. The van der Waals surface area contributed by atoms with E-state index in [1.54, 1.807) is 18.2 Å². The lowest BCUT2D eigenvalue weighted by atomic mass is 9.99. The zero-order chi connectivity index (χ0) is 15.4. The van der Waals surface area contributed by atoms with Crippen LogP contribution < -0.4 is 0 Å². The lowest BCUT2D eigenvalue weighted by molar-refractivity contribution is -0.136. The Morgan fingerprint density at radius 1 is 1.38 bits per heavy atom. The van der Waals surface area contributed by atoms with Crippen molar-refractivity contribution in [2.45, 2.75) is 6.18 Å².